The van der Waals surface area contributed by atoms with Gasteiger partial charge in [0.1, 0.15) is 12.2 Å². The van der Waals surface area contributed by atoms with E-state index in [1.165, 1.54) is 25.3 Å². The van der Waals surface area contributed by atoms with E-state index in [-0.39, 0.29) is 18.1 Å². The Morgan fingerprint density at radius 1 is 1.65 bits per heavy atom. The molecule has 1 amide bonds. The second-order valence-corrected chi connectivity index (χ2v) is 3.53. The zero-order valence-electron chi connectivity index (χ0n) is 9.29. The SMILES string of the molecule is CC(=O)NCC(O)C(O)c1cc(C#N)ccn1. The number of aromatic nitrogens is 1. The number of nitrogens with zero attached hydrogens (tertiary/aromatic N) is 2. The lowest BCUT2D eigenvalue weighted by Crippen LogP contribution is -2.34. The first-order valence-corrected chi connectivity index (χ1v) is 5.01. The van der Waals surface area contributed by atoms with E-state index in [1.807, 2.05) is 6.07 Å². The van der Waals surface area contributed by atoms with Gasteiger partial charge in [0, 0.05) is 19.7 Å². The number of hydrogen-bond donors (Lipinski definition) is 3. The van der Waals surface area contributed by atoms with Crippen molar-refractivity contribution in [3.05, 3.63) is 29.6 Å². The maximum absolute atomic E-state index is 10.6. The predicted octanol–water partition coefficient (Wildman–Crippen LogP) is -0.516. The molecule has 2 unspecified atom stereocenters. The number of aliphatic hydroxyl groups is 2. The van der Waals surface area contributed by atoms with Gasteiger partial charge in [-0.25, -0.2) is 0 Å². The summed E-state index contributed by atoms with van der Waals surface area (Å²) in [5.74, 6) is -0.296. The summed E-state index contributed by atoms with van der Waals surface area (Å²) in [4.78, 5) is 14.5. The lowest BCUT2D eigenvalue weighted by atomic mass is 10.1. The zero-order valence-corrected chi connectivity index (χ0v) is 9.29. The number of amides is 1. The first kappa shape index (κ1) is 13.1. The van der Waals surface area contributed by atoms with Crippen LogP contribution in [0.2, 0.25) is 0 Å². The van der Waals surface area contributed by atoms with E-state index in [0.29, 0.717) is 5.56 Å². The number of carbonyl (C=O) groups is 1. The fourth-order valence-electron chi connectivity index (χ4n) is 1.24. The number of nitriles is 1. The lowest BCUT2D eigenvalue weighted by Gasteiger charge is -2.17. The van der Waals surface area contributed by atoms with E-state index in [2.05, 4.69) is 10.3 Å². The summed E-state index contributed by atoms with van der Waals surface area (Å²) in [7, 11) is 0. The van der Waals surface area contributed by atoms with Gasteiger partial charge >= 0.3 is 0 Å². The average molecular weight is 235 g/mol. The second-order valence-electron chi connectivity index (χ2n) is 3.53. The van der Waals surface area contributed by atoms with Crippen molar-refractivity contribution in [2.24, 2.45) is 0 Å². The first-order valence-electron chi connectivity index (χ1n) is 5.01. The van der Waals surface area contributed by atoms with E-state index in [4.69, 9.17) is 5.26 Å². The molecule has 3 N–H and O–H groups in total. The Balaban J connectivity index is 2.71. The molecule has 0 saturated heterocycles. The molecule has 17 heavy (non-hydrogen) atoms. The van der Waals surface area contributed by atoms with Crippen LogP contribution in [-0.4, -0.2) is 33.8 Å². The number of rotatable bonds is 4. The summed E-state index contributed by atoms with van der Waals surface area (Å²) in [6.45, 7) is 1.24. The van der Waals surface area contributed by atoms with E-state index in [9.17, 15) is 15.0 Å². The van der Waals surface area contributed by atoms with E-state index in [1.54, 1.807) is 0 Å². The van der Waals surface area contributed by atoms with Crippen molar-refractivity contribution in [3.63, 3.8) is 0 Å². The molecular weight excluding hydrogens is 222 g/mol. The fourth-order valence-corrected chi connectivity index (χ4v) is 1.24. The minimum Gasteiger partial charge on any atom is -0.388 e. The number of nitrogens with one attached hydrogen (secondary N) is 1. The van der Waals surface area contributed by atoms with Crippen LogP contribution in [0.5, 0.6) is 0 Å². The summed E-state index contributed by atoms with van der Waals surface area (Å²) in [5, 5.41) is 30.4. The van der Waals surface area contributed by atoms with Crippen LogP contribution in [0.1, 0.15) is 24.3 Å². The number of hydrogen-bond acceptors (Lipinski definition) is 5. The highest BCUT2D eigenvalue weighted by molar-refractivity contribution is 5.72. The molecular formula is C11H13N3O3. The minimum absolute atomic E-state index is 0.0744. The normalized spacial score (nSPS) is 13.5. The largest absolute Gasteiger partial charge is 0.388 e. The molecule has 1 aromatic rings. The van der Waals surface area contributed by atoms with Gasteiger partial charge in [0.2, 0.25) is 5.91 Å². The second kappa shape index (κ2) is 5.94. The van der Waals surface area contributed by atoms with Gasteiger partial charge in [-0.1, -0.05) is 0 Å². The van der Waals surface area contributed by atoms with Gasteiger partial charge in [-0.3, -0.25) is 9.78 Å². The highest BCUT2D eigenvalue weighted by atomic mass is 16.3. The summed E-state index contributed by atoms with van der Waals surface area (Å²) >= 11 is 0. The average Bonchev–Trinajstić information content (AvgIpc) is 2.35. The van der Waals surface area contributed by atoms with Crippen molar-refractivity contribution < 1.29 is 15.0 Å². The van der Waals surface area contributed by atoms with Crippen LogP contribution < -0.4 is 5.32 Å². The van der Waals surface area contributed by atoms with Crippen molar-refractivity contribution in [1.29, 1.82) is 5.26 Å². The molecule has 2 atom stereocenters. The number of carbonyl (C=O) groups excluding carboxylic acids is 1. The molecule has 0 aliphatic carbocycles. The Hall–Kier alpha value is -1.97. The van der Waals surface area contributed by atoms with Gasteiger partial charge in [0.15, 0.2) is 0 Å². The van der Waals surface area contributed by atoms with Crippen molar-refractivity contribution in [1.82, 2.24) is 10.3 Å². The highest BCUT2D eigenvalue weighted by Gasteiger charge is 2.20. The summed E-state index contributed by atoms with van der Waals surface area (Å²) < 4.78 is 0. The molecule has 6 heteroatoms. The van der Waals surface area contributed by atoms with Crippen LogP contribution in [0.15, 0.2) is 18.3 Å². The topological polar surface area (TPSA) is 106 Å². The Kier molecular flexibility index (Phi) is 4.57. The fraction of sp³-hybridized carbons (Fsp3) is 0.364. The highest BCUT2D eigenvalue weighted by Crippen LogP contribution is 2.15. The maximum Gasteiger partial charge on any atom is 0.216 e. The van der Waals surface area contributed by atoms with Crippen molar-refractivity contribution >= 4 is 5.91 Å². The summed E-state index contributed by atoms with van der Waals surface area (Å²) in [6.07, 6.45) is -1.03. The van der Waals surface area contributed by atoms with Gasteiger partial charge in [-0.05, 0) is 12.1 Å². The van der Waals surface area contributed by atoms with Crippen LogP contribution in [0.4, 0.5) is 0 Å². The molecule has 0 aliphatic heterocycles. The van der Waals surface area contributed by atoms with Gasteiger partial charge in [0.25, 0.3) is 0 Å². The first-order chi connectivity index (χ1) is 8.04. The van der Waals surface area contributed by atoms with Crippen molar-refractivity contribution in [3.8, 4) is 6.07 Å². The van der Waals surface area contributed by atoms with Gasteiger partial charge in [-0.15, -0.1) is 0 Å². The molecule has 6 nitrogen and oxygen atoms in total. The Bertz CT molecular complexity index is 442. The van der Waals surface area contributed by atoms with E-state index >= 15 is 0 Å². The number of pyridine rings is 1. The molecule has 90 valence electrons. The molecule has 0 bridgehead atoms. The predicted molar refractivity (Wildman–Crippen MR) is 58.6 cm³/mol. The molecule has 0 spiro atoms. The van der Waals surface area contributed by atoms with Crippen molar-refractivity contribution in [2.75, 3.05) is 6.54 Å². The lowest BCUT2D eigenvalue weighted by molar-refractivity contribution is -0.119. The standard InChI is InChI=1S/C11H13N3O3/c1-7(15)14-6-10(16)11(17)9-4-8(5-12)2-3-13-9/h2-4,10-11,16-17H,6H2,1H3,(H,14,15). The van der Waals surface area contributed by atoms with E-state index in [0.717, 1.165) is 0 Å². The molecule has 1 rings (SSSR count). The third kappa shape index (κ3) is 3.83. The van der Waals surface area contributed by atoms with Crippen LogP contribution in [0.3, 0.4) is 0 Å². The molecule has 1 heterocycles. The van der Waals surface area contributed by atoms with E-state index < -0.39 is 12.2 Å². The maximum atomic E-state index is 10.6. The smallest absolute Gasteiger partial charge is 0.216 e. The van der Waals surface area contributed by atoms with Crippen LogP contribution in [0, 0.1) is 11.3 Å². The quantitative estimate of drug-likeness (QED) is 0.651. The Morgan fingerprint density at radius 3 is 2.94 bits per heavy atom. The Morgan fingerprint density at radius 2 is 2.35 bits per heavy atom. The van der Waals surface area contributed by atoms with Gasteiger partial charge in [0.05, 0.1) is 17.3 Å². The third-order valence-corrected chi connectivity index (χ3v) is 2.14. The molecule has 0 radical (unpaired) electrons. The Labute approximate surface area is 98.5 Å². The third-order valence-electron chi connectivity index (χ3n) is 2.14. The minimum atomic E-state index is -1.24. The summed E-state index contributed by atoms with van der Waals surface area (Å²) in [6, 6.07) is 4.80. The molecule has 0 saturated carbocycles. The van der Waals surface area contributed by atoms with Crippen LogP contribution in [0.25, 0.3) is 0 Å². The summed E-state index contributed by atoms with van der Waals surface area (Å²) in [5.41, 5.74) is 0.544. The van der Waals surface area contributed by atoms with Gasteiger partial charge < -0.3 is 15.5 Å². The molecule has 0 aromatic carbocycles. The van der Waals surface area contributed by atoms with Crippen LogP contribution in [-0.2, 0) is 4.79 Å². The monoisotopic (exact) mass is 235 g/mol. The molecule has 0 aliphatic rings. The van der Waals surface area contributed by atoms with Crippen molar-refractivity contribution in [2.45, 2.75) is 19.1 Å². The van der Waals surface area contributed by atoms with Crippen LogP contribution >= 0.6 is 0 Å². The molecule has 1 aromatic heterocycles. The zero-order chi connectivity index (χ0) is 12.8. The van der Waals surface area contributed by atoms with Gasteiger partial charge in [-0.2, -0.15) is 5.26 Å². The number of aliphatic hydroxyl groups excluding tert-OH is 2. The molecule has 0 fully saturated rings.